The Kier molecular flexibility index (Phi) is 4.91. The second-order valence-corrected chi connectivity index (χ2v) is 6.98. The van der Waals surface area contributed by atoms with Gasteiger partial charge in [0, 0.05) is 29.7 Å². The highest BCUT2D eigenvalue weighted by molar-refractivity contribution is 5.95. The molecule has 4 rings (SSSR count). The first kappa shape index (κ1) is 18.6. The average molecular weight is 384 g/mol. The Morgan fingerprint density at radius 1 is 1.00 bits per heavy atom. The minimum Gasteiger partial charge on any atom is -0.309 e. The first-order chi connectivity index (χ1) is 14.0. The third kappa shape index (κ3) is 4.21. The third-order valence-electron chi connectivity index (χ3n) is 4.69. The molecular weight excluding hydrogens is 364 g/mol. The molecular formula is C23H20N4O2. The summed E-state index contributed by atoms with van der Waals surface area (Å²) >= 11 is 0. The molecule has 0 saturated carbocycles. The highest BCUT2D eigenvalue weighted by Gasteiger charge is 2.09. The zero-order valence-electron chi connectivity index (χ0n) is 16.2. The van der Waals surface area contributed by atoms with Crippen molar-refractivity contribution in [2.24, 2.45) is 0 Å². The van der Waals surface area contributed by atoms with Crippen LogP contribution < -0.4 is 5.32 Å². The molecule has 6 nitrogen and oxygen atoms in total. The van der Waals surface area contributed by atoms with E-state index in [0.717, 1.165) is 27.9 Å². The predicted molar refractivity (Wildman–Crippen MR) is 112 cm³/mol. The van der Waals surface area contributed by atoms with Gasteiger partial charge in [0.25, 0.3) is 0 Å². The number of ketones is 1. The Morgan fingerprint density at radius 2 is 1.79 bits per heavy atom. The number of carbonyl (C=O) groups excluding carboxylic acids is 2. The van der Waals surface area contributed by atoms with Crippen molar-refractivity contribution in [3.8, 4) is 11.1 Å². The normalized spacial score (nSPS) is 10.8. The third-order valence-corrected chi connectivity index (χ3v) is 4.69. The first-order valence-corrected chi connectivity index (χ1v) is 9.30. The number of hydrogen-bond donors (Lipinski definition) is 1. The second kappa shape index (κ2) is 7.67. The molecule has 0 spiro atoms. The van der Waals surface area contributed by atoms with Gasteiger partial charge in [-0.2, -0.15) is 5.10 Å². The second-order valence-electron chi connectivity index (χ2n) is 6.98. The summed E-state index contributed by atoms with van der Waals surface area (Å²) in [4.78, 5) is 28.1. The predicted octanol–water partition coefficient (Wildman–Crippen LogP) is 4.09. The molecule has 0 radical (unpaired) electrons. The molecule has 0 aliphatic carbocycles. The maximum atomic E-state index is 12.4. The van der Waals surface area contributed by atoms with Crippen molar-refractivity contribution in [1.82, 2.24) is 14.6 Å². The fourth-order valence-corrected chi connectivity index (χ4v) is 3.19. The Labute approximate surface area is 168 Å². The quantitative estimate of drug-likeness (QED) is 0.526. The highest BCUT2D eigenvalue weighted by Crippen LogP contribution is 2.20. The van der Waals surface area contributed by atoms with Crippen LogP contribution in [0.1, 0.15) is 28.5 Å². The van der Waals surface area contributed by atoms with E-state index in [1.54, 1.807) is 35.1 Å². The van der Waals surface area contributed by atoms with Crippen molar-refractivity contribution in [1.29, 1.82) is 0 Å². The molecule has 1 aromatic carbocycles. The van der Waals surface area contributed by atoms with E-state index in [2.05, 4.69) is 15.4 Å². The summed E-state index contributed by atoms with van der Waals surface area (Å²) in [6.45, 7) is 3.48. The van der Waals surface area contributed by atoms with Crippen LogP contribution in [0.5, 0.6) is 0 Å². The number of aryl methyl sites for hydroxylation is 1. The maximum absolute atomic E-state index is 12.4. The lowest BCUT2D eigenvalue weighted by atomic mass is 10.0. The number of Topliss-reactive ketones (excluding diaryl/α,β-unsaturated/α-hetero) is 1. The topological polar surface area (TPSA) is 76.4 Å². The lowest BCUT2D eigenvalue weighted by Gasteiger charge is -2.05. The molecule has 0 unspecified atom stereocenters. The van der Waals surface area contributed by atoms with Gasteiger partial charge in [-0.3, -0.25) is 14.6 Å². The SMILES string of the molecule is CC(=O)c1ccn2nc(NC(=O)Cc3ccc(-c4ccnc(C)c4)cc3)cc2c1. The van der Waals surface area contributed by atoms with Gasteiger partial charge in [-0.15, -0.1) is 0 Å². The van der Waals surface area contributed by atoms with Crippen LogP contribution >= 0.6 is 0 Å². The van der Waals surface area contributed by atoms with Gasteiger partial charge >= 0.3 is 0 Å². The van der Waals surface area contributed by atoms with Crippen molar-refractivity contribution >= 4 is 23.0 Å². The average Bonchev–Trinajstić information content (AvgIpc) is 3.09. The zero-order chi connectivity index (χ0) is 20.4. The molecule has 3 aromatic heterocycles. The van der Waals surface area contributed by atoms with E-state index in [1.165, 1.54) is 6.92 Å². The van der Waals surface area contributed by atoms with E-state index in [9.17, 15) is 9.59 Å². The maximum Gasteiger partial charge on any atom is 0.229 e. The lowest BCUT2D eigenvalue weighted by molar-refractivity contribution is -0.115. The molecule has 3 heterocycles. The fraction of sp³-hybridized carbons (Fsp3) is 0.130. The van der Waals surface area contributed by atoms with Crippen molar-refractivity contribution in [2.45, 2.75) is 20.3 Å². The number of benzene rings is 1. The number of pyridine rings is 2. The molecule has 6 heteroatoms. The summed E-state index contributed by atoms with van der Waals surface area (Å²) in [5, 5.41) is 7.14. The fourth-order valence-electron chi connectivity index (χ4n) is 3.19. The molecule has 4 aromatic rings. The van der Waals surface area contributed by atoms with Gasteiger partial charge < -0.3 is 5.32 Å². The summed E-state index contributed by atoms with van der Waals surface area (Å²) in [5.41, 5.74) is 5.43. The van der Waals surface area contributed by atoms with E-state index in [0.29, 0.717) is 11.4 Å². The van der Waals surface area contributed by atoms with E-state index in [-0.39, 0.29) is 18.1 Å². The standard InChI is InChI=1S/C23H20N4O2/c1-15-11-20(7-9-24-15)18-5-3-17(4-6-18)12-23(29)25-22-14-21-13-19(16(2)28)8-10-27(21)26-22/h3-11,13-14H,12H2,1-2H3,(H,25,26,29). The van der Waals surface area contributed by atoms with Gasteiger partial charge in [0.1, 0.15) is 0 Å². The van der Waals surface area contributed by atoms with Crippen LogP contribution in [0, 0.1) is 6.92 Å². The van der Waals surface area contributed by atoms with Crippen LogP contribution in [-0.2, 0) is 11.2 Å². The number of hydrogen-bond acceptors (Lipinski definition) is 4. The molecule has 144 valence electrons. The summed E-state index contributed by atoms with van der Waals surface area (Å²) in [6.07, 6.45) is 3.75. The smallest absolute Gasteiger partial charge is 0.229 e. The Morgan fingerprint density at radius 3 is 2.52 bits per heavy atom. The number of amides is 1. The van der Waals surface area contributed by atoms with Gasteiger partial charge in [0.15, 0.2) is 11.6 Å². The highest BCUT2D eigenvalue weighted by atomic mass is 16.1. The Hall–Kier alpha value is -3.80. The van der Waals surface area contributed by atoms with Crippen molar-refractivity contribution in [2.75, 3.05) is 5.32 Å². The van der Waals surface area contributed by atoms with Crippen molar-refractivity contribution in [3.05, 3.63) is 83.8 Å². The molecule has 1 N–H and O–H groups in total. The van der Waals surface area contributed by atoms with E-state index in [1.807, 2.05) is 43.3 Å². The lowest BCUT2D eigenvalue weighted by Crippen LogP contribution is -2.14. The molecule has 0 bridgehead atoms. The molecule has 0 atom stereocenters. The number of aromatic nitrogens is 3. The molecule has 0 fully saturated rings. The van der Waals surface area contributed by atoms with Crippen molar-refractivity contribution < 1.29 is 9.59 Å². The van der Waals surface area contributed by atoms with Crippen LogP contribution in [-0.4, -0.2) is 26.3 Å². The van der Waals surface area contributed by atoms with Gasteiger partial charge in [-0.1, -0.05) is 24.3 Å². The monoisotopic (exact) mass is 384 g/mol. The van der Waals surface area contributed by atoms with Crippen LogP contribution in [0.15, 0.2) is 67.0 Å². The number of anilines is 1. The number of fused-ring (bicyclic) bond motifs is 1. The summed E-state index contributed by atoms with van der Waals surface area (Å²) in [6, 6.07) is 17.1. The number of nitrogens with one attached hydrogen (secondary N) is 1. The van der Waals surface area contributed by atoms with Crippen molar-refractivity contribution in [3.63, 3.8) is 0 Å². The molecule has 0 aliphatic heterocycles. The summed E-state index contributed by atoms with van der Waals surface area (Å²) in [7, 11) is 0. The van der Waals surface area contributed by atoms with Crippen LogP contribution in [0.2, 0.25) is 0 Å². The minimum atomic E-state index is -0.146. The molecule has 0 aliphatic rings. The Balaban J connectivity index is 1.44. The van der Waals surface area contributed by atoms with Gasteiger partial charge in [-0.25, -0.2) is 4.52 Å². The van der Waals surface area contributed by atoms with Gasteiger partial charge in [0.2, 0.25) is 5.91 Å². The molecule has 1 amide bonds. The van der Waals surface area contributed by atoms with E-state index >= 15 is 0 Å². The number of rotatable bonds is 5. The van der Waals surface area contributed by atoms with E-state index in [4.69, 9.17) is 0 Å². The number of nitrogens with zero attached hydrogens (tertiary/aromatic N) is 3. The van der Waals surface area contributed by atoms with E-state index < -0.39 is 0 Å². The summed E-state index contributed by atoms with van der Waals surface area (Å²) in [5.74, 6) is 0.303. The first-order valence-electron chi connectivity index (χ1n) is 9.30. The zero-order valence-corrected chi connectivity index (χ0v) is 16.2. The summed E-state index contributed by atoms with van der Waals surface area (Å²) < 4.78 is 1.63. The largest absolute Gasteiger partial charge is 0.309 e. The van der Waals surface area contributed by atoms with Crippen LogP contribution in [0.3, 0.4) is 0 Å². The van der Waals surface area contributed by atoms with Gasteiger partial charge in [0.05, 0.1) is 11.9 Å². The van der Waals surface area contributed by atoms with Crippen LogP contribution in [0.4, 0.5) is 5.82 Å². The Bertz CT molecular complexity index is 1210. The minimum absolute atomic E-state index is 0.00958. The molecule has 0 saturated heterocycles. The van der Waals surface area contributed by atoms with Crippen LogP contribution in [0.25, 0.3) is 16.6 Å². The number of carbonyl (C=O) groups is 2. The van der Waals surface area contributed by atoms with Gasteiger partial charge in [-0.05, 0) is 54.8 Å². The molecule has 29 heavy (non-hydrogen) atoms.